The Balaban J connectivity index is 3.37. The summed E-state index contributed by atoms with van der Waals surface area (Å²) >= 11 is 0. The molecule has 0 heterocycles. The third-order valence-corrected chi connectivity index (χ3v) is 2.41. The molecule has 0 aromatic carbocycles. The van der Waals surface area contributed by atoms with Gasteiger partial charge in [0.15, 0.2) is 0 Å². The van der Waals surface area contributed by atoms with Gasteiger partial charge in [0.05, 0.1) is 0 Å². The molecule has 0 saturated heterocycles. The smallest absolute Gasteiger partial charge is 0.00361 e. The van der Waals surface area contributed by atoms with E-state index in [4.69, 9.17) is 11.5 Å². The highest BCUT2D eigenvalue weighted by Gasteiger charge is 2.08. The molecule has 11 heavy (non-hydrogen) atoms. The fourth-order valence-corrected chi connectivity index (χ4v) is 0.928. The molecule has 0 spiro atoms. The molecule has 0 aliphatic rings. The van der Waals surface area contributed by atoms with E-state index < -0.39 is 0 Å². The van der Waals surface area contributed by atoms with Crippen molar-refractivity contribution in [1.29, 1.82) is 0 Å². The van der Waals surface area contributed by atoms with E-state index in [1.54, 1.807) is 0 Å². The molecule has 3 atom stereocenters. The van der Waals surface area contributed by atoms with Gasteiger partial charge in [0.1, 0.15) is 0 Å². The van der Waals surface area contributed by atoms with Crippen molar-refractivity contribution in [2.75, 3.05) is 6.54 Å². The Hall–Kier alpha value is -0.0800. The Labute approximate surface area is 70.3 Å². The summed E-state index contributed by atoms with van der Waals surface area (Å²) in [6, 6.07) is 0.319. The molecular formula is C9H22N2. The second-order valence-corrected chi connectivity index (χ2v) is 3.75. The Morgan fingerprint density at radius 2 is 1.64 bits per heavy atom. The summed E-state index contributed by atoms with van der Waals surface area (Å²) in [7, 11) is 0. The van der Waals surface area contributed by atoms with Gasteiger partial charge in [0.2, 0.25) is 0 Å². The number of rotatable bonds is 5. The minimum absolute atomic E-state index is 0.319. The molecule has 2 nitrogen and oxygen atoms in total. The van der Waals surface area contributed by atoms with Crippen LogP contribution >= 0.6 is 0 Å². The third kappa shape index (κ3) is 5.22. The molecule has 3 unspecified atom stereocenters. The van der Waals surface area contributed by atoms with E-state index in [1.165, 1.54) is 12.8 Å². The normalized spacial score (nSPS) is 19.4. The van der Waals surface area contributed by atoms with Crippen LogP contribution in [0.1, 0.15) is 33.6 Å². The molecule has 0 radical (unpaired) electrons. The summed E-state index contributed by atoms with van der Waals surface area (Å²) in [5.74, 6) is 1.28. The maximum Gasteiger partial charge on any atom is 0.00361 e. The van der Waals surface area contributed by atoms with Gasteiger partial charge in [-0.25, -0.2) is 0 Å². The topological polar surface area (TPSA) is 52.0 Å². The van der Waals surface area contributed by atoms with E-state index in [2.05, 4.69) is 20.8 Å². The maximum absolute atomic E-state index is 5.73. The van der Waals surface area contributed by atoms with Gasteiger partial charge in [-0.05, 0) is 38.1 Å². The lowest BCUT2D eigenvalue weighted by Gasteiger charge is -2.17. The predicted molar refractivity (Wildman–Crippen MR) is 50.3 cm³/mol. The van der Waals surface area contributed by atoms with Crippen LogP contribution in [0.2, 0.25) is 0 Å². The van der Waals surface area contributed by atoms with Gasteiger partial charge in [-0.3, -0.25) is 0 Å². The van der Waals surface area contributed by atoms with Gasteiger partial charge >= 0.3 is 0 Å². The summed E-state index contributed by atoms with van der Waals surface area (Å²) < 4.78 is 0. The van der Waals surface area contributed by atoms with Crippen LogP contribution in [0.15, 0.2) is 0 Å². The SMILES string of the molecule is CC(CN)CCC(C)C(C)N. The molecular weight excluding hydrogens is 136 g/mol. The molecule has 0 aromatic rings. The quantitative estimate of drug-likeness (QED) is 0.634. The molecule has 0 bridgehead atoms. The van der Waals surface area contributed by atoms with E-state index in [-0.39, 0.29) is 0 Å². The van der Waals surface area contributed by atoms with Crippen molar-refractivity contribution in [3.8, 4) is 0 Å². The zero-order valence-electron chi connectivity index (χ0n) is 8.01. The lowest BCUT2D eigenvalue weighted by atomic mass is 9.94. The van der Waals surface area contributed by atoms with Crippen molar-refractivity contribution < 1.29 is 0 Å². The molecule has 0 aliphatic carbocycles. The molecule has 0 fully saturated rings. The first-order chi connectivity index (χ1) is 5.07. The van der Waals surface area contributed by atoms with Crippen LogP contribution in [0, 0.1) is 11.8 Å². The summed E-state index contributed by atoms with van der Waals surface area (Å²) in [4.78, 5) is 0. The van der Waals surface area contributed by atoms with Crippen molar-refractivity contribution >= 4 is 0 Å². The first-order valence-corrected chi connectivity index (χ1v) is 4.53. The minimum Gasteiger partial charge on any atom is -0.330 e. The monoisotopic (exact) mass is 158 g/mol. The van der Waals surface area contributed by atoms with Gasteiger partial charge in [-0.2, -0.15) is 0 Å². The van der Waals surface area contributed by atoms with E-state index in [1.807, 2.05) is 0 Å². The molecule has 2 heteroatoms. The highest BCUT2D eigenvalue weighted by atomic mass is 14.6. The van der Waals surface area contributed by atoms with Crippen molar-refractivity contribution in [3.63, 3.8) is 0 Å². The molecule has 0 aliphatic heterocycles. The standard InChI is InChI=1S/C9H22N2/c1-7(6-10)4-5-8(2)9(3)11/h7-9H,4-6,10-11H2,1-3H3. The van der Waals surface area contributed by atoms with Crippen LogP contribution in [0.5, 0.6) is 0 Å². The number of hydrogen-bond acceptors (Lipinski definition) is 2. The van der Waals surface area contributed by atoms with Crippen LogP contribution in [-0.2, 0) is 0 Å². The predicted octanol–water partition coefficient (Wildman–Crippen LogP) is 1.34. The Morgan fingerprint density at radius 1 is 1.09 bits per heavy atom. The third-order valence-electron chi connectivity index (χ3n) is 2.41. The summed E-state index contributed by atoms with van der Waals surface area (Å²) in [6.45, 7) is 7.26. The first kappa shape index (κ1) is 10.9. The highest BCUT2D eigenvalue weighted by Crippen LogP contribution is 2.13. The van der Waals surface area contributed by atoms with Crippen molar-refractivity contribution in [2.24, 2.45) is 23.3 Å². The summed E-state index contributed by atoms with van der Waals surface area (Å²) in [6.07, 6.45) is 2.41. The van der Waals surface area contributed by atoms with Crippen LogP contribution in [0.4, 0.5) is 0 Å². The Morgan fingerprint density at radius 3 is 2.00 bits per heavy atom. The lowest BCUT2D eigenvalue weighted by molar-refractivity contribution is 0.393. The lowest BCUT2D eigenvalue weighted by Crippen LogP contribution is -2.25. The Bertz CT molecular complexity index is 91.6. The summed E-state index contributed by atoms with van der Waals surface area (Å²) in [5, 5.41) is 0. The molecule has 4 N–H and O–H groups in total. The van der Waals surface area contributed by atoms with Crippen LogP contribution < -0.4 is 11.5 Å². The second-order valence-electron chi connectivity index (χ2n) is 3.75. The average molecular weight is 158 g/mol. The van der Waals surface area contributed by atoms with Crippen LogP contribution in [-0.4, -0.2) is 12.6 Å². The van der Waals surface area contributed by atoms with Gasteiger partial charge in [-0.1, -0.05) is 13.8 Å². The van der Waals surface area contributed by atoms with Gasteiger partial charge in [0, 0.05) is 6.04 Å². The van der Waals surface area contributed by atoms with Crippen LogP contribution in [0.3, 0.4) is 0 Å². The zero-order chi connectivity index (χ0) is 8.85. The second kappa shape index (κ2) is 5.56. The fraction of sp³-hybridized carbons (Fsp3) is 1.00. The maximum atomic E-state index is 5.73. The highest BCUT2D eigenvalue weighted by molar-refractivity contribution is 4.65. The van der Waals surface area contributed by atoms with Gasteiger partial charge < -0.3 is 11.5 Å². The van der Waals surface area contributed by atoms with Crippen molar-refractivity contribution in [1.82, 2.24) is 0 Å². The van der Waals surface area contributed by atoms with E-state index in [0.29, 0.717) is 17.9 Å². The zero-order valence-corrected chi connectivity index (χ0v) is 8.01. The molecule has 0 saturated carbocycles. The summed E-state index contributed by atoms with van der Waals surface area (Å²) in [5.41, 5.74) is 11.2. The molecule has 68 valence electrons. The molecule has 0 amide bonds. The first-order valence-electron chi connectivity index (χ1n) is 4.53. The average Bonchev–Trinajstić information content (AvgIpc) is 1.99. The Kier molecular flexibility index (Phi) is 5.51. The number of hydrogen-bond donors (Lipinski definition) is 2. The van der Waals surface area contributed by atoms with E-state index in [0.717, 1.165) is 6.54 Å². The minimum atomic E-state index is 0.319. The molecule has 0 rings (SSSR count). The largest absolute Gasteiger partial charge is 0.330 e. The van der Waals surface area contributed by atoms with Gasteiger partial charge in [0.25, 0.3) is 0 Å². The van der Waals surface area contributed by atoms with Crippen molar-refractivity contribution in [3.05, 3.63) is 0 Å². The fourth-order valence-electron chi connectivity index (χ4n) is 0.928. The van der Waals surface area contributed by atoms with Crippen molar-refractivity contribution in [2.45, 2.75) is 39.7 Å². The van der Waals surface area contributed by atoms with E-state index >= 15 is 0 Å². The number of nitrogens with two attached hydrogens (primary N) is 2. The van der Waals surface area contributed by atoms with Crippen LogP contribution in [0.25, 0.3) is 0 Å². The van der Waals surface area contributed by atoms with Gasteiger partial charge in [-0.15, -0.1) is 0 Å². The van der Waals surface area contributed by atoms with E-state index in [9.17, 15) is 0 Å². The molecule has 0 aromatic heterocycles.